The van der Waals surface area contributed by atoms with E-state index in [2.05, 4.69) is 10.5 Å². The van der Waals surface area contributed by atoms with Crippen molar-refractivity contribution in [2.24, 2.45) is 0 Å². The first-order valence-electron chi connectivity index (χ1n) is 5.99. The standard InChI is InChI=1S/C13H14N2O3/c1-7-12(8(2)18-15-7)10-5-6-11(17-10)13(16)14-9-3-4-9/h5-6,9H,3-4H2,1-2H3,(H,14,16). The molecule has 0 saturated heterocycles. The van der Waals surface area contributed by atoms with Gasteiger partial charge < -0.3 is 14.3 Å². The van der Waals surface area contributed by atoms with E-state index >= 15 is 0 Å². The molecule has 2 heterocycles. The Morgan fingerprint density at radius 3 is 2.78 bits per heavy atom. The minimum atomic E-state index is -0.157. The van der Waals surface area contributed by atoms with Crippen molar-refractivity contribution in [1.29, 1.82) is 0 Å². The Bertz CT molecular complexity index is 574. The lowest BCUT2D eigenvalue weighted by Gasteiger charge is -1.99. The average Bonchev–Trinajstić information content (AvgIpc) is 2.89. The third-order valence-electron chi connectivity index (χ3n) is 3.02. The summed E-state index contributed by atoms with van der Waals surface area (Å²) in [5.41, 5.74) is 1.58. The second-order valence-corrected chi connectivity index (χ2v) is 4.61. The number of hydrogen-bond donors (Lipinski definition) is 1. The molecule has 0 aromatic carbocycles. The van der Waals surface area contributed by atoms with Crippen LogP contribution in [0.1, 0.15) is 34.9 Å². The van der Waals surface area contributed by atoms with Crippen LogP contribution in [0.5, 0.6) is 0 Å². The highest BCUT2D eigenvalue weighted by atomic mass is 16.5. The van der Waals surface area contributed by atoms with Gasteiger partial charge in [0.05, 0.1) is 11.3 Å². The van der Waals surface area contributed by atoms with Crippen molar-refractivity contribution in [3.8, 4) is 11.3 Å². The van der Waals surface area contributed by atoms with Crippen molar-refractivity contribution < 1.29 is 13.7 Å². The number of amides is 1. The van der Waals surface area contributed by atoms with E-state index in [1.807, 2.05) is 13.8 Å². The predicted molar refractivity (Wildman–Crippen MR) is 64.2 cm³/mol. The van der Waals surface area contributed by atoms with Crippen LogP contribution in [0.4, 0.5) is 0 Å². The number of carbonyl (C=O) groups excluding carboxylic acids is 1. The van der Waals surface area contributed by atoms with Crippen LogP contribution in [-0.4, -0.2) is 17.1 Å². The summed E-state index contributed by atoms with van der Waals surface area (Å²) < 4.78 is 10.7. The van der Waals surface area contributed by atoms with Crippen LogP contribution < -0.4 is 5.32 Å². The highest BCUT2D eigenvalue weighted by Gasteiger charge is 2.25. The molecule has 1 saturated carbocycles. The molecule has 18 heavy (non-hydrogen) atoms. The maximum absolute atomic E-state index is 11.8. The summed E-state index contributed by atoms with van der Waals surface area (Å²) in [5.74, 6) is 1.48. The molecule has 0 unspecified atom stereocenters. The third-order valence-corrected chi connectivity index (χ3v) is 3.02. The lowest BCUT2D eigenvalue weighted by atomic mass is 10.1. The van der Waals surface area contributed by atoms with Crippen molar-refractivity contribution in [3.63, 3.8) is 0 Å². The number of furan rings is 1. The Labute approximate surface area is 104 Å². The largest absolute Gasteiger partial charge is 0.451 e. The quantitative estimate of drug-likeness (QED) is 0.903. The molecule has 94 valence electrons. The SMILES string of the molecule is Cc1noc(C)c1-c1ccc(C(=O)NC2CC2)o1. The second-order valence-electron chi connectivity index (χ2n) is 4.61. The van der Waals surface area contributed by atoms with Crippen LogP contribution in [0.2, 0.25) is 0 Å². The predicted octanol–water partition coefficient (Wildman–Crippen LogP) is 2.44. The average molecular weight is 246 g/mol. The summed E-state index contributed by atoms with van der Waals surface area (Å²) in [6.45, 7) is 3.67. The molecule has 0 atom stereocenters. The van der Waals surface area contributed by atoms with Gasteiger partial charge in [0.1, 0.15) is 11.5 Å². The topological polar surface area (TPSA) is 68.3 Å². The first kappa shape index (κ1) is 11.1. The zero-order chi connectivity index (χ0) is 12.7. The molecule has 1 amide bonds. The van der Waals surface area contributed by atoms with Crippen molar-refractivity contribution in [2.75, 3.05) is 0 Å². The van der Waals surface area contributed by atoms with Crippen molar-refractivity contribution in [2.45, 2.75) is 32.7 Å². The van der Waals surface area contributed by atoms with Gasteiger partial charge >= 0.3 is 0 Å². The molecule has 5 nitrogen and oxygen atoms in total. The van der Waals surface area contributed by atoms with Gasteiger partial charge in [-0.1, -0.05) is 5.16 Å². The van der Waals surface area contributed by atoms with E-state index in [0.29, 0.717) is 23.3 Å². The maximum Gasteiger partial charge on any atom is 0.287 e. The van der Waals surface area contributed by atoms with Crippen LogP contribution in [0.25, 0.3) is 11.3 Å². The molecule has 1 fully saturated rings. The van der Waals surface area contributed by atoms with Gasteiger partial charge in [0.15, 0.2) is 5.76 Å². The number of rotatable bonds is 3. The number of aromatic nitrogens is 1. The zero-order valence-corrected chi connectivity index (χ0v) is 10.3. The molecule has 1 aliphatic rings. The third kappa shape index (κ3) is 1.92. The van der Waals surface area contributed by atoms with Crippen molar-refractivity contribution in [1.82, 2.24) is 10.5 Å². The molecule has 5 heteroatoms. The van der Waals surface area contributed by atoms with Gasteiger partial charge in [-0.3, -0.25) is 4.79 Å². The monoisotopic (exact) mass is 246 g/mol. The van der Waals surface area contributed by atoms with Crippen LogP contribution in [0, 0.1) is 13.8 Å². The first-order valence-corrected chi connectivity index (χ1v) is 5.99. The first-order chi connectivity index (χ1) is 8.65. The lowest BCUT2D eigenvalue weighted by Crippen LogP contribution is -2.24. The van der Waals surface area contributed by atoms with E-state index in [4.69, 9.17) is 8.94 Å². The summed E-state index contributed by atoms with van der Waals surface area (Å²) in [4.78, 5) is 11.8. The number of hydrogen-bond acceptors (Lipinski definition) is 4. The summed E-state index contributed by atoms with van der Waals surface area (Å²) in [6.07, 6.45) is 2.12. The molecule has 2 aromatic rings. The molecule has 0 aliphatic heterocycles. The molecule has 2 aromatic heterocycles. The fourth-order valence-corrected chi connectivity index (χ4v) is 1.91. The highest BCUT2D eigenvalue weighted by Crippen LogP contribution is 2.28. The van der Waals surface area contributed by atoms with E-state index in [-0.39, 0.29) is 5.91 Å². The highest BCUT2D eigenvalue weighted by molar-refractivity contribution is 5.92. The van der Waals surface area contributed by atoms with Crippen molar-refractivity contribution >= 4 is 5.91 Å². The van der Waals surface area contributed by atoms with Crippen LogP contribution in [0.3, 0.4) is 0 Å². The van der Waals surface area contributed by atoms with E-state index in [9.17, 15) is 4.79 Å². The smallest absolute Gasteiger partial charge is 0.287 e. The van der Waals surface area contributed by atoms with Gasteiger partial charge in [-0.05, 0) is 38.8 Å². The van der Waals surface area contributed by atoms with Gasteiger partial charge in [-0.25, -0.2) is 0 Å². The van der Waals surface area contributed by atoms with Gasteiger partial charge in [0.25, 0.3) is 5.91 Å². The summed E-state index contributed by atoms with van der Waals surface area (Å²) in [5, 5.41) is 6.76. The Balaban J connectivity index is 1.86. The van der Waals surface area contributed by atoms with E-state index in [1.54, 1.807) is 12.1 Å². The molecule has 3 rings (SSSR count). The molecule has 0 bridgehead atoms. The molecule has 0 spiro atoms. The number of nitrogens with zero attached hydrogens (tertiary/aromatic N) is 1. The summed E-state index contributed by atoms with van der Waals surface area (Å²) >= 11 is 0. The van der Waals surface area contributed by atoms with Crippen LogP contribution >= 0.6 is 0 Å². The summed E-state index contributed by atoms with van der Waals surface area (Å²) in [6, 6.07) is 3.78. The van der Waals surface area contributed by atoms with E-state index < -0.39 is 0 Å². The van der Waals surface area contributed by atoms with Gasteiger partial charge in [-0.2, -0.15) is 0 Å². The van der Waals surface area contributed by atoms with Crippen molar-refractivity contribution in [3.05, 3.63) is 29.3 Å². The fraction of sp³-hybridized carbons (Fsp3) is 0.385. The molecule has 0 radical (unpaired) electrons. The second kappa shape index (κ2) is 4.01. The minimum Gasteiger partial charge on any atom is -0.451 e. The maximum atomic E-state index is 11.8. The summed E-state index contributed by atoms with van der Waals surface area (Å²) in [7, 11) is 0. The Kier molecular flexibility index (Phi) is 2.47. The molecular formula is C13H14N2O3. The Morgan fingerprint density at radius 1 is 1.39 bits per heavy atom. The van der Waals surface area contributed by atoms with Crippen LogP contribution in [0.15, 0.2) is 21.1 Å². The normalized spacial score (nSPS) is 14.8. The van der Waals surface area contributed by atoms with Gasteiger partial charge in [0, 0.05) is 6.04 Å². The van der Waals surface area contributed by atoms with Gasteiger partial charge in [0.2, 0.25) is 0 Å². The van der Waals surface area contributed by atoms with E-state index in [0.717, 1.165) is 24.1 Å². The number of carbonyl (C=O) groups is 1. The number of aryl methyl sites for hydroxylation is 2. The Morgan fingerprint density at radius 2 is 2.17 bits per heavy atom. The fourth-order valence-electron chi connectivity index (χ4n) is 1.91. The number of nitrogens with one attached hydrogen (secondary N) is 1. The molecule has 1 aliphatic carbocycles. The minimum absolute atomic E-state index is 0.157. The lowest BCUT2D eigenvalue weighted by molar-refractivity contribution is 0.0924. The van der Waals surface area contributed by atoms with E-state index in [1.165, 1.54) is 0 Å². The van der Waals surface area contributed by atoms with Crippen LogP contribution in [-0.2, 0) is 0 Å². The Hall–Kier alpha value is -2.04. The van der Waals surface area contributed by atoms with Gasteiger partial charge in [-0.15, -0.1) is 0 Å². The molecular weight excluding hydrogens is 232 g/mol. The zero-order valence-electron chi connectivity index (χ0n) is 10.3. The molecule has 1 N–H and O–H groups in total.